The van der Waals surface area contributed by atoms with Crippen LogP contribution >= 0.6 is 0 Å². The van der Waals surface area contributed by atoms with Crippen molar-refractivity contribution in [3.8, 4) is 11.5 Å². The first kappa shape index (κ1) is 21.7. The van der Waals surface area contributed by atoms with Crippen LogP contribution in [0, 0.1) is 13.8 Å². The predicted octanol–water partition coefficient (Wildman–Crippen LogP) is 3.30. The average Bonchev–Trinajstić information content (AvgIpc) is 2.74. The largest absolute Gasteiger partial charge is 0.484 e. The molecule has 2 amide bonds. The number of hydrogen-bond acceptors (Lipinski definition) is 4. The topological polar surface area (TPSA) is 76.7 Å². The molecule has 0 unspecified atom stereocenters. The number of nitrogens with one attached hydrogen (secondary N) is 2. The molecule has 2 aromatic carbocycles. The Kier molecular flexibility index (Phi) is 7.71. The van der Waals surface area contributed by atoms with E-state index < -0.39 is 0 Å². The van der Waals surface area contributed by atoms with E-state index in [9.17, 15) is 9.59 Å². The molecule has 2 N–H and O–H groups in total. The summed E-state index contributed by atoms with van der Waals surface area (Å²) < 4.78 is 11.1. The maximum absolute atomic E-state index is 12.3. The summed E-state index contributed by atoms with van der Waals surface area (Å²) in [4.78, 5) is 24.7. The molecule has 0 bridgehead atoms. The third-order valence-electron chi connectivity index (χ3n) is 5.24. The van der Waals surface area contributed by atoms with E-state index in [1.165, 1.54) is 0 Å². The molecule has 1 fully saturated rings. The molecule has 2 aromatic rings. The first-order valence-corrected chi connectivity index (χ1v) is 10.5. The van der Waals surface area contributed by atoms with Crippen LogP contribution in [0.15, 0.2) is 48.5 Å². The van der Waals surface area contributed by atoms with Gasteiger partial charge in [0.05, 0.1) is 0 Å². The van der Waals surface area contributed by atoms with E-state index in [2.05, 4.69) is 10.6 Å². The van der Waals surface area contributed by atoms with Crippen LogP contribution in [-0.2, 0) is 9.59 Å². The minimum atomic E-state index is -0.183. The van der Waals surface area contributed by atoms with E-state index >= 15 is 0 Å². The Labute approximate surface area is 178 Å². The molecule has 1 aliphatic carbocycles. The van der Waals surface area contributed by atoms with Crippen LogP contribution in [0.4, 0.5) is 0 Å². The highest BCUT2D eigenvalue weighted by Gasteiger charge is 2.28. The number of rotatable bonds is 8. The number of carbonyl (C=O) groups excluding carboxylic acids is 2. The second-order valence-electron chi connectivity index (χ2n) is 7.84. The number of benzene rings is 2. The molecule has 0 heterocycles. The number of hydrogen-bond donors (Lipinski definition) is 2. The van der Waals surface area contributed by atoms with E-state index in [1.54, 1.807) is 0 Å². The second-order valence-corrected chi connectivity index (χ2v) is 7.84. The number of ether oxygens (including phenoxy) is 2. The fourth-order valence-corrected chi connectivity index (χ4v) is 3.54. The highest BCUT2D eigenvalue weighted by molar-refractivity contribution is 5.79. The van der Waals surface area contributed by atoms with E-state index in [4.69, 9.17) is 9.47 Å². The Bertz CT molecular complexity index is 762. The number of carbonyl (C=O) groups is 2. The lowest BCUT2D eigenvalue weighted by atomic mass is 9.90. The Morgan fingerprint density at radius 1 is 0.733 bits per heavy atom. The molecule has 0 radical (unpaired) electrons. The lowest BCUT2D eigenvalue weighted by Crippen LogP contribution is -2.54. The molecule has 0 spiro atoms. The highest BCUT2D eigenvalue weighted by Crippen LogP contribution is 2.19. The van der Waals surface area contributed by atoms with Gasteiger partial charge >= 0.3 is 0 Å². The van der Waals surface area contributed by atoms with Crippen molar-refractivity contribution in [3.05, 3.63) is 59.7 Å². The summed E-state index contributed by atoms with van der Waals surface area (Å²) in [5.41, 5.74) is 2.28. The summed E-state index contributed by atoms with van der Waals surface area (Å²) in [5.74, 6) is 0.963. The minimum absolute atomic E-state index is 0.0449. The quantitative estimate of drug-likeness (QED) is 0.700. The van der Waals surface area contributed by atoms with Crippen molar-refractivity contribution >= 4 is 11.8 Å². The SMILES string of the molecule is Cc1ccc(OCC(=O)N[C@H]2CCCC[C@@H]2NC(=O)COc2ccc(C)cc2)cc1. The molecule has 30 heavy (non-hydrogen) atoms. The summed E-state index contributed by atoms with van der Waals surface area (Å²) in [6.45, 7) is 3.91. The van der Waals surface area contributed by atoms with Gasteiger partial charge in [0.15, 0.2) is 13.2 Å². The zero-order valence-corrected chi connectivity index (χ0v) is 17.6. The Hall–Kier alpha value is -3.02. The van der Waals surface area contributed by atoms with Gasteiger partial charge in [-0.2, -0.15) is 0 Å². The standard InChI is InChI=1S/C24H30N2O4/c1-17-7-11-19(12-8-17)29-15-23(27)25-21-5-3-4-6-22(21)26-24(28)16-30-20-13-9-18(2)10-14-20/h7-14,21-22H,3-6,15-16H2,1-2H3,(H,25,27)(H,26,28)/t21-,22-/m0/s1. The van der Waals surface area contributed by atoms with Crippen molar-refractivity contribution in [2.45, 2.75) is 51.6 Å². The third kappa shape index (κ3) is 6.79. The van der Waals surface area contributed by atoms with Crippen molar-refractivity contribution in [2.24, 2.45) is 0 Å². The molecule has 6 heteroatoms. The molecule has 0 saturated heterocycles. The van der Waals surface area contributed by atoms with Crippen molar-refractivity contribution in [3.63, 3.8) is 0 Å². The van der Waals surface area contributed by atoms with Crippen LogP contribution in [0.25, 0.3) is 0 Å². The maximum atomic E-state index is 12.3. The predicted molar refractivity (Wildman–Crippen MR) is 116 cm³/mol. The van der Waals surface area contributed by atoms with E-state index in [0.29, 0.717) is 11.5 Å². The van der Waals surface area contributed by atoms with Crippen LogP contribution in [0.1, 0.15) is 36.8 Å². The van der Waals surface area contributed by atoms with Crippen molar-refractivity contribution in [2.75, 3.05) is 13.2 Å². The molecular formula is C24H30N2O4. The van der Waals surface area contributed by atoms with Gasteiger partial charge in [0, 0.05) is 12.1 Å². The molecule has 160 valence electrons. The van der Waals surface area contributed by atoms with Gasteiger partial charge in [-0.1, -0.05) is 48.2 Å². The zero-order valence-electron chi connectivity index (χ0n) is 17.6. The molecule has 0 aliphatic heterocycles. The van der Waals surface area contributed by atoms with Crippen molar-refractivity contribution < 1.29 is 19.1 Å². The molecule has 2 atom stereocenters. The molecule has 6 nitrogen and oxygen atoms in total. The van der Waals surface area contributed by atoms with Gasteiger partial charge in [0.25, 0.3) is 11.8 Å². The molecular weight excluding hydrogens is 380 g/mol. The average molecular weight is 411 g/mol. The summed E-state index contributed by atoms with van der Waals surface area (Å²) in [7, 11) is 0. The summed E-state index contributed by atoms with van der Waals surface area (Å²) in [6, 6.07) is 15.0. The van der Waals surface area contributed by atoms with E-state index in [-0.39, 0.29) is 37.1 Å². The van der Waals surface area contributed by atoms with Gasteiger partial charge < -0.3 is 20.1 Å². The van der Waals surface area contributed by atoms with Gasteiger partial charge in [-0.15, -0.1) is 0 Å². The monoisotopic (exact) mass is 410 g/mol. The van der Waals surface area contributed by atoms with Gasteiger partial charge in [-0.05, 0) is 51.0 Å². The molecule has 1 saturated carbocycles. The maximum Gasteiger partial charge on any atom is 0.258 e. The van der Waals surface area contributed by atoms with Crippen LogP contribution in [0.5, 0.6) is 11.5 Å². The van der Waals surface area contributed by atoms with Crippen LogP contribution in [-0.4, -0.2) is 37.1 Å². The zero-order chi connectivity index (χ0) is 21.3. The van der Waals surface area contributed by atoms with Gasteiger partial charge in [-0.3, -0.25) is 9.59 Å². The molecule has 3 rings (SSSR count). The first-order valence-electron chi connectivity index (χ1n) is 10.5. The highest BCUT2D eigenvalue weighted by atomic mass is 16.5. The number of aryl methyl sites for hydroxylation is 2. The normalized spacial score (nSPS) is 18.3. The fraction of sp³-hybridized carbons (Fsp3) is 0.417. The van der Waals surface area contributed by atoms with Crippen molar-refractivity contribution in [1.29, 1.82) is 0 Å². The first-order chi connectivity index (χ1) is 14.5. The van der Waals surface area contributed by atoms with E-state index in [1.807, 2.05) is 62.4 Å². The summed E-state index contributed by atoms with van der Waals surface area (Å²) >= 11 is 0. The Balaban J connectivity index is 1.45. The second kappa shape index (κ2) is 10.7. The number of amides is 2. The Morgan fingerprint density at radius 3 is 1.47 bits per heavy atom. The van der Waals surface area contributed by atoms with Gasteiger partial charge in [-0.25, -0.2) is 0 Å². The van der Waals surface area contributed by atoms with Crippen LogP contribution < -0.4 is 20.1 Å². The van der Waals surface area contributed by atoms with E-state index in [0.717, 1.165) is 36.8 Å². The van der Waals surface area contributed by atoms with Crippen LogP contribution in [0.2, 0.25) is 0 Å². The minimum Gasteiger partial charge on any atom is -0.484 e. The smallest absolute Gasteiger partial charge is 0.258 e. The van der Waals surface area contributed by atoms with Gasteiger partial charge in [0.1, 0.15) is 11.5 Å². The lowest BCUT2D eigenvalue weighted by molar-refractivity contribution is -0.127. The van der Waals surface area contributed by atoms with Crippen molar-refractivity contribution in [1.82, 2.24) is 10.6 Å². The Morgan fingerprint density at radius 2 is 1.10 bits per heavy atom. The third-order valence-corrected chi connectivity index (χ3v) is 5.24. The molecule has 1 aliphatic rings. The summed E-state index contributed by atoms with van der Waals surface area (Å²) in [6.07, 6.45) is 3.71. The van der Waals surface area contributed by atoms with Crippen LogP contribution in [0.3, 0.4) is 0 Å². The molecule has 0 aromatic heterocycles. The fourth-order valence-electron chi connectivity index (χ4n) is 3.54. The lowest BCUT2D eigenvalue weighted by Gasteiger charge is -2.32. The summed E-state index contributed by atoms with van der Waals surface area (Å²) in [5, 5.41) is 6.03. The van der Waals surface area contributed by atoms with Gasteiger partial charge in [0.2, 0.25) is 0 Å².